The maximum atomic E-state index is 6.45. The van der Waals surface area contributed by atoms with Crippen LogP contribution in [-0.2, 0) is 31.9 Å². The summed E-state index contributed by atoms with van der Waals surface area (Å²) in [5, 5.41) is 2.47. The second-order valence-electron chi connectivity index (χ2n) is 19.0. The van der Waals surface area contributed by atoms with Gasteiger partial charge in [-0.2, -0.15) is 0 Å². The van der Waals surface area contributed by atoms with Crippen LogP contribution in [0.4, 0.5) is 0 Å². The minimum Gasteiger partial charge on any atom is -0.499 e. The second-order valence-corrected chi connectivity index (χ2v) is 24.0. The smallest absolute Gasteiger partial charge is 0.139 e. The van der Waals surface area contributed by atoms with E-state index in [0.717, 1.165) is 95.6 Å². The van der Waals surface area contributed by atoms with Crippen LogP contribution in [0.3, 0.4) is 0 Å². The predicted octanol–water partition coefficient (Wildman–Crippen LogP) is 14.1. The topological polar surface area (TPSA) is 69.6 Å². The van der Waals surface area contributed by atoms with E-state index in [9.17, 15) is 0 Å². The van der Waals surface area contributed by atoms with Crippen LogP contribution in [0.5, 0.6) is 0 Å². The number of hydrogen-bond acceptors (Lipinski definition) is 5. The molecule has 0 spiro atoms. The summed E-state index contributed by atoms with van der Waals surface area (Å²) in [6, 6.07) is 44.6. The maximum absolute atomic E-state index is 6.45. The summed E-state index contributed by atoms with van der Waals surface area (Å²) in [4.78, 5) is 19.5. The Hall–Kier alpha value is -5.53. The number of aromatic nitrogens is 5. The van der Waals surface area contributed by atoms with Gasteiger partial charge in [-0.05, 0) is 96.3 Å². The van der Waals surface area contributed by atoms with Gasteiger partial charge >= 0.3 is 0 Å². The first kappa shape index (κ1) is 46.5. The van der Waals surface area contributed by atoms with Gasteiger partial charge < -0.3 is 14.0 Å². The van der Waals surface area contributed by atoms with Crippen LogP contribution >= 0.6 is 0 Å². The van der Waals surface area contributed by atoms with Crippen molar-refractivity contribution in [3.05, 3.63) is 156 Å². The molecule has 64 heavy (non-hydrogen) atoms. The van der Waals surface area contributed by atoms with Crippen molar-refractivity contribution in [2.75, 3.05) is 0 Å². The number of pyridine rings is 3. The fourth-order valence-electron chi connectivity index (χ4n) is 8.64. The molecule has 0 aliphatic carbocycles. The molecular weight excluding hydrogens is 979 g/mol. The van der Waals surface area contributed by atoms with Gasteiger partial charge in [-0.1, -0.05) is 121 Å². The molecule has 0 amide bonds. The zero-order chi connectivity index (χ0) is 44.6. The van der Waals surface area contributed by atoms with E-state index in [1.165, 1.54) is 35.6 Å². The van der Waals surface area contributed by atoms with Gasteiger partial charge in [0.2, 0.25) is 0 Å². The van der Waals surface area contributed by atoms with Crippen LogP contribution in [0.25, 0.3) is 72.6 Å². The molecule has 0 unspecified atom stereocenters. The van der Waals surface area contributed by atoms with Crippen molar-refractivity contribution in [2.24, 2.45) is 5.92 Å². The Morgan fingerprint density at radius 3 is 2.19 bits per heavy atom. The minimum atomic E-state index is -1.37. The summed E-state index contributed by atoms with van der Waals surface area (Å²) in [6.45, 7) is 24.6. The van der Waals surface area contributed by atoms with E-state index >= 15 is 0 Å². The molecule has 9 rings (SSSR count). The van der Waals surface area contributed by atoms with Gasteiger partial charge in [0, 0.05) is 48.9 Å². The van der Waals surface area contributed by atoms with Crippen LogP contribution in [-0.4, -0.2) is 32.6 Å². The van der Waals surface area contributed by atoms with Gasteiger partial charge in [-0.25, -0.2) is 0 Å². The van der Waals surface area contributed by atoms with Gasteiger partial charge in [0.05, 0.1) is 41.7 Å². The maximum Gasteiger partial charge on any atom is 0.139 e. The molecule has 0 fully saturated rings. The Kier molecular flexibility index (Phi) is 13.7. The fourth-order valence-corrected chi connectivity index (χ4v) is 10.2. The van der Waals surface area contributed by atoms with Gasteiger partial charge in [0.25, 0.3) is 0 Å². The third-order valence-corrected chi connectivity index (χ3v) is 14.3. The van der Waals surface area contributed by atoms with Gasteiger partial charge in [0.1, 0.15) is 5.58 Å². The second kappa shape index (κ2) is 18.9. The van der Waals surface area contributed by atoms with E-state index in [4.69, 9.17) is 24.4 Å². The monoisotopic (exact) mass is 1040 g/mol. The summed E-state index contributed by atoms with van der Waals surface area (Å²) < 4.78 is 8.70. The molecule has 9 aromatic rings. The van der Waals surface area contributed by atoms with E-state index < -0.39 is 8.07 Å². The van der Waals surface area contributed by atoms with Crippen LogP contribution in [0.15, 0.2) is 120 Å². The van der Waals surface area contributed by atoms with E-state index in [-0.39, 0.29) is 25.5 Å². The average molecular weight is 1040 g/mol. The summed E-state index contributed by atoms with van der Waals surface area (Å²) in [6.07, 6.45) is 5.81. The number of furan rings is 1. The first-order chi connectivity index (χ1) is 30.1. The number of rotatable bonds is 9. The number of nitrogens with zero attached hydrogens (tertiary/aromatic N) is 5. The van der Waals surface area contributed by atoms with E-state index in [2.05, 4.69) is 150 Å². The quantitative estimate of drug-likeness (QED) is 0.106. The zero-order valence-electron chi connectivity index (χ0n) is 39.1. The Morgan fingerprint density at radius 1 is 0.750 bits per heavy atom. The van der Waals surface area contributed by atoms with Gasteiger partial charge in [-0.15, -0.1) is 54.1 Å². The van der Waals surface area contributed by atoms with E-state index in [0.29, 0.717) is 0 Å². The molecule has 0 N–H and O–H groups in total. The number of imidazole rings is 1. The normalized spacial score (nSPS) is 11.9. The van der Waals surface area contributed by atoms with Gasteiger partial charge in [0.15, 0.2) is 0 Å². The number of hydrogen-bond donors (Lipinski definition) is 0. The standard InChI is InChI=1S/C36H31N4O.C20H28NSi.Ir/c1-21-15-18-31-33(38-21)26-13-10-14-27(34(26)41-31)35-39-32-23(3)37-22(2)19-30(32)40(35)29-17-16-25(36(4,5)6)20-28(29)24-11-8-7-9-12-24;1-6-16(7-2)13-18-14-19(17-11-9-8-10-12-17)21-15-20(18)22(3,4)5;/h7-13,15-20H,1-6H3;8-11,14-16H,6-7,13H2,1-5H3;/q2*-1;. The average Bonchev–Trinajstić information content (AvgIpc) is 3.84. The van der Waals surface area contributed by atoms with Crippen LogP contribution in [0.2, 0.25) is 19.6 Å². The molecule has 0 saturated heterocycles. The van der Waals surface area contributed by atoms with Gasteiger partial charge in [-0.3, -0.25) is 15.0 Å². The molecule has 329 valence electrons. The number of benzene rings is 4. The van der Waals surface area contributed by atoms with Crippen molar-refractivity contribution < 1.29 is 24.5 Å². The molecule has 0 bridgehead atoms. The van der Waals surface area contributed by atoms with Crippen molar-refractivity contribution in [1.82, 2.24) is 24.5 Å². The van der Waals surface area contributed by atoms with Crippen molar-refractivity contribution in [3.63, 3.8) is 0 Å². The molecule has 0 saturated carbocycles. The van der Waals surface area contributed by atoms with Crippen molar-refractivity contribution in [2.45, 2.75) is 99.7 Å². The Labute approximate surface area is 394 Å². The fraction of sp³-hybridized carbons (Fsp3) is 0.286. The van der Waals surface area contributed by atoms with Crippen LogP contribution < -0.4 is 5.19 Å². The predicted molar refractivity (Wildman–Crippen MR) is 266 cm³/mol. The molecule has 0 atom stereocenters. The van der Waals surface area contributed by atoms with Crippen molar-refractivity contribution in [1.29, 1.82) is 0 Å². The first-order valence-electron chi connectivity index (χ1n) is 22.4. The SMILES string of the molecule is CCC(CC)Cc1cc(-c2[c-]cccc2)ncc1[Si](C)(C)C.Cc1cc2c(nc(-c3[c-]ccc4c3oc3ccc(C)nc34)n2-c2ccc(C(C)(C)C)cc2-c2ccccc2)c(C)n1.[Ir]. The molecule has 5 heterocycles. The van der Waals surface area contributed by atoms with Crippen molar-refractivity contribution >= 4 is 46.4 Å². The Bertz CT molecular complexity index is 3060. The number of aryl methyl sites for hydroxylation is 3. The first-order valence-corrected chi connectivity index (χ1v) is 25.9. The summed E-state index contributed by atoms with van der Waals surface area (Å²) >= 11 is 0. The number of fused-ring (bicyclic) bond motifs is 4. The molecular formula is C56H59IrN5OSi-2. The summed E-state index contributed by atoms with van der Waals surface area (Å²) in [5.74, 6) is 1.53. The molecule has 8 heteroatoms. The van der Waals surface area contributed by atoms with E-state index in [1.807, 2.05) is 57.2 Å². The molecule has 0 aliphatic heterocycles. The largest absolute Gasteiger partial charge is 0.499 e. The third kappa shape index (κ3) is 9.47. The Balaban J connectivity index is 0.000000227. The van der Waals surface area contributed by atoms with Crippen molar-refractivity contribution in [3.8, 4) is 39.5 Å². The third-order valence-electron chi connectivity index (χ3n) is 12.2. The molecule has 4 aromatic carbocycles. The molecule has 1 radical (unpaired) electrons. The molecule has 5 aromatic heterocycles. The Morgan fingerprint density at radius 2 is 1.50 bits per heavy atom. The molecule has 0 aliphatic rings. The zero-order valence-corrected chi connectivity index (χ0v) is 42.5. The summed E-state index contributed by atoms with van der Waals surface area (Å²) in [5.41, 5.74) is 16.0. The van der Waals surface area contributed by atoms with Crippen LogP contribution in [0.1, 0.15) is 75.7 Å². The summed E-state index contributed by atoms with van der Waals surface area (Å²) in [7, 11) is -1.37. The molecule has 6 nitrogen and oxygen atoms in total. The van der Waals surface area contributed by atoms with Crippen LogP contribution in [0, 0.1) is 38.8 Å². The van der Waals surface area contributed by atoms with E-state index in [1.54, 1.807) is 0 Å². The minimum absolute atomic E-state index is 0.